The molecule has 0 saturated carbocycles. The first kappa shape index (κ1) is 23.6. The molecule has 0 aromatic heterocycles. The molecule has 0 saturated heterocycles. The lowest BCUT2D eigenvalue weighted by molar-refractivity contribution is -0.128. The summed E-state index contributed by atoms with van der Waals surface area (Å²) in [4.78, 5) is 25.6. The highest BCUT2D eigenvalue weighted by molar-refractivity contribution is 6.42. The first-order chi connectivity index (χ1) is 15.4. The van der Waals surface area contributed by atoms with Gasteiger partial charge in [0.15, 0.2) is 0 Å². The molecule has 0 aliphatic carbocycles. The van der Waals surface area contributed by atoms with Crippen LogP contribution < -0.4 is 15.4 Å². The number of ether oxygens (including phenoxy) is 1. The van der Waals surface area contributed by atoms with Crippen LogP contribution in [0.3, 0.4) is 0 Å². The number of carbonyl (C=O) groups excluding carboxylic acids is 2. The van der Waals surface area contributed by atoms with E-state index in [4.69, 9.17) is 27.9 Å². The van der Waals surface area contributed by atoms with Gasteiger partial charge in [-0.2, -0.15) is 0 Å². The van der Waals surface area contributed by atoms with E-state index in [1.54, 1.807) is 37.4 Å². The Kier molecular flexibility index (Phi) is 8.54. The maximum atomic E-state index is 12.9. The van der Waals surface area contributed by atoms with Gasteiger partial charge in [0.25, 0.3) is 0 Å². The minimum absolute atomic E-state index is 0.147. The standard InChI is InChI=1S/C25H24Cl2N2O3/c1-32-20-10-7-17(8-11-20)15-24(30)29-23(14-19-9-12-21(26)22(27)13-19)25(31)28-16-18-5-3-2-4-6-18/h2-13,23H,14-16H2,1H3,(H,28,31)(H,29,30)/t23-/m1/s1. The number of nitrogens with one attached hydrogen (secondary N) is 2. The molecule has 0 aliphatic heterocycles. The lowest BCUT2D eigenvalue weighted by Crippen LogP contribution is -2.48. The van der Waals surface area contributed by atoms with Crippen LogP contribution in [0.4, 0.5) is 0 Å². The summed E-state index contributed by atoms with van der Waals surface area (Å²) in [6.07, 6.45) is 0.430. The molecule has 2 amide bonds. The highest BCUT2D eigenvalue weighted by atomic mass is 35.5. The fourth-order valence-corrected chi connectivity index (χ4v) is 3.51. The van der Waals surface area contributed by atoms with Crippen molar-refractivity contribution in [3.05, 3.63) is 99.5 Å². The van der Waals surface area contributed by atoms with Crippen LogP contribution in [0.1, 0.15) is 16.7 Å². The third kappa shape index (κ3) is 7.01. The van der Waals surface area contributed by atoms with Crippen molar-refractivity contribution in [2.24, 2.45) is 0 Å². The van der Waals surface area contributed by atoms with Crippen LogP contribution in [0.25, 0.3) is 0 Å². The summed E-state index contributed by atoms with van der Waals surface area (Å²) in [7, 11) is 1.59. The molecule has 0 heterocycles. The third-order valence-electron chi connectivity index (χ3n) is 4.91. The van der Waals surface area contributed by atoms with Gasteiger partial charge in [-0.15, -0.1) is 0 Å². The van der Waals surface area contributed by atoms with Gasteiger partial charge in [0.05, 0.1) is 23.6 Å². The number of carbonyl (C=O) groups is 2. The molecule has 5 nitrogen and oxygen atoms in total. The number of methoxy groups -OCH3 is 1. The van der Waals surface area contributed by atoms with Crippen molar-refractivity contribution in [2.45, 2.75) is 25.4 Å². The topological polar surface area (TPSA) is 67.4 Å². The second-order valence-electron chi connectivity index (χ2n) is 7.30. The summed E-state index contributed by atoms with van der Waals surface area (Å²) in [5.41, 5.74) is 2.59. The maximum absolute atomic E-state index is 12.9. The van der Waals surface area contributed by atoms with E-state index >= 15 is 0 Å². The van der Waals surface area contributed by atoms with E-state index in [0.29, 0.717) is 22.3 Å². The Bertz CT molecular complexity index is 1060. The molecule has 166 valence electrons. The minimum Gasteiger partial charge on any atom is -0.497 e. The fraction of sp³-hybridized carbons (Fsp3) is 0.200. The second kappa shape index (κ2) is 11.6. The van der Waals surface area contributed by atoms with E-state index in [9.17, 15) is 9.59 Å². The number of rotatable bonds is 9. The van der Waals surface area contributed by atoms with Gasteiger partial charge in [0, 0.05) is 13.0 Å². The average Bonchev–Trinajstić information content (AvgIpc) is 2.80. The largest absolute Gasteiger partial charge is 0.497 e. The van der Waals surface area contributed by atoms with E-state index in [0.717, 1.165) is 16.7 Å². The molecule has 2 N–H and O–H groups in total. The van der Waals surface area contributed by atoms with Gasteiger partial charge in [-0.25, -0.2) is 0 Å². The Morgan fingerprint density at radius 3 is 2.22 bits per heavy atom. The summed E-state index contributed by atoms with van der Waals surface area (Å²) >= 11 is 12.1. The fourth-order valence-electron chi connectivity index (χ4n) is 3.19. The quantitative estimate of drug-likeness (QED) is 0.480. The summed E-state index contributed by atoms with van der Waals surface area (Å²) in [5, 5.41) is 6.59. The van der Waals surface area contributed by atoms with Crippen LogP contribution in [0, 0.1) is 0 Å². The Balaban J connectivity index is 1.69. The van der Waals surface area contributed by atoms with Crippen LogP contribution in [0.5, 0.6) is 5.75 Å². The summed E-state index contributed by atoms with van der Waals surface area (Å²) < 4.78 is 5.14. The highest BCUT2D eigenvalue weighted by Crippen LogP contribution is 2.23. The monoisotopic (exact) mass is 470 g/mol. The molecular weight excluding hydrogens is 447 g/mol. The van der Waals surface area contributed by atoms with Crippen molar-refractivity contribution in [1.82, 2.24) is 10.6 Å². The SMILES string of the molecule is COc1ccc(CC(=O)N[C@H](Cc2ccc(Cl)c(Cl)c2)C(=O)NCc2ccccc2)cc1. The van der Waals surface area contributed by atoms with Crippen LogP contribution in [0.15, 0.2) is 72.8 Å². The first-order valence-corrected chi connectivity index (χ1v) is 10.9. The average molecular weight is 471 g/mol. The smallest absolute Gasteiger partial charge is 0.243 e. The normalized spacial score (nSPS) is 11.5. The molecule has 0 unspecified atom stereocenters. The van der Waals surface area contributed by atoms with E-state index in [1.165, 1.54) is 0 Å². The lowest BCUT2D eigenvalue weighted by Gasteiger charge is -2.19. The Hall–Kier alpha value is -3.02. The molecule has 3 rings (SSSR count). The minimum atomic E-state index is -0.762. The molecule has 0 aliphatic rings. The summed E-state index contributed by atoms with van der Waals surface area (Å²) in [6, 6.07) is 21.2. The van der Waals surface area contributed by atoms with Crippen molar-refractivity contribution in [1.29, 1.82) is 0 Å². The van der Waals surface area contributed by atoms with Crippen molar-refractivity contribution < 1.29 is 14.3 Å². The predicted molar refractivity (Wildman–Crippen MR) is 127 cm³/mol. The Morgan fingerprint density at radius 1 is 0.875 bits per heavy atom. The Morgan fingerprint density at radius 2 is 1.56 bits per heavy atom. The zero-order valence-electron chi connectivity index (χ0n) is 17.6. The molecule has 0 radical (unpaired) electrons. The van der Waals surface area contributed by atoms with Gasteiger partial charge < -0.3 is 15.4 Å². The van der Waals surface area contributed by atoms with Crippen LogP contribution in [-0.2, 0) is 29.0 Å². The maximum Gasteiger partial charge on any atom is 0.243 e. The van der Waals surface area contributed by atoms with Gasteiger partial charge in [0.2, 0.25) is 11.8 Å². The lowest BCUT2D eigenvalue weighted by atomic mass is 10.0. The molecule has 7 heteroatoms. The number of hydrogen-bond acceptors (Lipinski definition) is 3. The number of halogens is 2. The van der Waals surface area contributed by atoms with Gasteiger partial charge in [0.1, 0.15) is 11.8 Å². The molecule has 3 aromatic rings. The van der Waals surface area contributed by atoms with Crippen LogP contribution in [-0.4, -0.2) is 25.0 Å². The number of benzene rings is 3. The van der Waals surface area contributed by atoms with Crippen molar-refractivity contribution in [2.75, 3.05) is 7.11 Å². The summed E-state index contributed by atoms with van der Waals surface area (Å²) in [6.45, 7) is 0.367. The molecule has 0 fully saturated rings. The first-order valence-electron chi connectivity index (χ1n) is 10.1. The summed E-state index contributed by atoms with van der Waals surface area (Å²) in [5.74, 6) is 0.185. The predicted octanol–water partition coefficient (Wildman–Crippen LogP) is 4.59. The van der Waals surface area contributed by atoms with Gasteiger partial charge in [-0.3, -0.25) is 9.59 Å². The Labute approximate surface area is 197 Å². The third-order valence-corrected chi connectivity index (χ3v) is 5.65. The van der Waals surface area contributed by atoms with E-state index in [2.05, 4.69) is 10.6 Å². The van der Waals surface area contributed by atoms with Crippen LogP contribution in [0.2, 0.25) is 10.0 Å². The molecule has 32 heavy (non-hydrogen) atoms. The van der Waals surface area contributed by atoms with Gasteiger partial charge in [-0.1, -0.05) is 71.7 Å². The van der Waals surface area contributed by atoms with Gasteiger partial charge in [-0.05, 0) is 41.0 Å². The van der Waals surface area contributed by atoms with Gasteiger partial charge >= 0.3 is 0 Å². The molecule has 3 aromatic carbocycles. The zero-order chi connectivity index (χ0) is 22.9. The second-order valence-corrected chi connectivity index (χ2v) is 8.12. The van der Waals surface area contributed by atoms with Crippen molar-refractivity contribution in [3.8, 4) is 5.75 Å². The number of hydrogen-bond donors (Lipinski definition) is 2. The number of amides is 2. The van der Waals surface area contributed by atoms with Crippen molar-refractivity contribution >= 4 is 35.0 Å². The molecule has 0 bridgehead atoms. The van der Waals surface area contributed by atoms with E-state index in [1.807, 2.05) is 42.5 Å². The van der Waals surface area contributed by atoms with Crippen molar-refractivity contribution in [3.63, 3.8) is 0 Å². The van der Waals surface area contributed by atoms with E-state index in [-0.39, 0.29) is 24.7 Å². The molecule has 1 atom stereocenters. The van der Waals surface area contributed by atoms with Crippen LogP contribution >= 0.6 is 23.2 Å². The molecular formula is C25H24Cl2N2O3. The highest BCUT2D eigenvalue weighted by Gasteiger charge is 2.21. The molecule has 0 spiro atoms. The zero-order valence-corrected chi connectivity index (χ0v) is 19.1. The van der Waals surface area contributed by atoms with E-state index < -0.39 is 6.04 Å².